The summed E-state index contributed by atoms with van der Waals surface area (Å²) in [5.74, 6) is 1.63. The number of carbonyl (C=O) groups is 1. The Balaban J connectivity index is 1.53. The molecule has 0 atom stereocenters. The van der Waals surface area contributed by atoms with Gasteiger partial charge in [0.2, 0.25) is 0 Å². The van der Waals surface area contributed by atoms with Gasteiger partial charge in [0.25, 0.3) is 0 Å². The maximum absolute atomic E-state index is 12.5. The summed E-state index contributed by atoms with van der Waals surface area (Å²) < 4.78 is 2.33. The van der Waals surface area contributed by atoms with Gasteiger partial charge in [0.1, 0.15) is 5.82 Å². The number of Topliss-reactive ketones (excluding diaryl/α,β-unsaturated/α-hetero) is 1. The molecular weight excluding hydrogens is 394 g/mol. The molecule has 0 bridgehead atoms. The fourth-order valence-corrected chi connectivity index (χ4v) is 6.09. The molecule has 4 nitrogen and oxygen atoms in total. The van der Waals surface area contributed by atoms with Crippen LogP contribution in [0.15, 0.2) is 34.8 Å². The van der Waals surface area contributed by atoms with E-state index >= 15 is 0 Å². The Bertz CT molecular complexity index is 892. The lowest BCUT2D eigenvalue weighted by Crippen LogP contribution is -2.17. The van der Waals surface area contributed by atoms with Crippen molar-refractivity contribution in [1.82, 2.24) is 14.8 Å². The van der Waals surface area contributed by atoms with Crippen molar-refractivity contribution in [2.24, 2.45) is 0 Å². The number of carbonyl (C=O) groups excluding carboxylic acids is 1. The average molecular weight is 418 g/mol. The standard InChI is InChI=1S/C20H23N3OS3/c1-14-9-10-18(27-14)17(24)13-26-20-22-21-19(12-16-8-5-11-25-16)23(20)15-6-3-2-4-7-15/h5,8-11,15H,2-4,6-7,12-13H2,1H3. The van der Waals surface area contributed by atoms with Crippen molar-refractivity contribution in [1.29, 1.82) is 0 Å². The zero-order valence-corrected chi connectivity index (χ0v) is 17.8. The van der Waals surface area contributed by atoms with Crippen LogP contribution in [0.2, 0.25) is 0 Å². The van der Waals surface area contributed by atoms with Crippen molar-refractivity contribution in [3.8, 4) is 0 Å². The molecule has 3 aromatic rings. The first-order valence-electron chi connectivity index (χ1n) is 9.39. The summed E-state index contributed by atoms with van der Waals surface area (Å²) in [6.07, 6.45) is 7.02. The minimum atomic E-state index is 0.177. The molecule has 0 aromatic carbocycles. The Morgan fingerprint density at radius 3 is 2.78 bits per heavy atom. The molecule has 4 rings (SSSR count). The minimum Gasteiger partial charge on any atom is -0.303 e. The Kier molecular flexibility index (Phi) is 6.10. The number of aryl methyl sites for hydroxylation is 1. The number of thioether (sulfide) groups is 1. The summed E-state index contributed by atoms with van der Waals surface area (Å²) in [6.45, 7) is 2.03. The molecule has 0 saturated heterocycles. The summed E-state index contributed by atoms with van der Waals surface area (Å²) in [5, 5.41) is 12.0. The minimum absolute atomic E-state index is 0.177. The van der Waals surface area contributed by atoms with Crippen molar-refractivity contribution in [2.45, 2.75) is 56.6 Å². The molecule has 0 amide bonds. The predicted octanol–water partition coefficient (Wildman–Crippen LogP) is 5.78. The highest BCUT2D eigenvalue weighted by molar-refractivity contribution is 7.99. The van der Waals surface area contributed by atoms with Gasteiger partial charge in [0.15, 0.2) is 10.9 Å². The molecule has 1 saturated carbocycles. The average Bonchev–Trinajstić information content (AvgIpc) is 3.42. The molecule has 0 N–H and O–H groups in total. The van der Waals surface area contributed by atoms with E-state index in [-0.39, 0.29) is 5.78 Å². The van der Waals surface area contributed by atoms with Gasteiger partial charge in [0.05, 0.1) is 10.6 Å². The van der Waals surface area contributed by atoms with Crippen molar-refractivity contribution >= 4 is 40.2 Å². The largest absolute Gasteiger partial charge is 0.303 e. The maximum atomic E-state index is 12.5. The fraction of sp³-hybridized carbons (Fsp3) is 0.450. The van der Waals surface area contributed by atoms with E-state index in [1.807, 2.05) is 19.1 Å². The van der Waals surface area contributed by atoms with E-state index in [0.717, 1.165) is 22.3 Å². The molecule has 0 radical (unpaired) electrons. The number of hydrogen-bond acceptors (Lipinski definition) is 6. The van der Waals surface area contributed by atoms with E-state index in [1.54, 1.807) is 22.7 Å². The van der Waals surface area contributed by atoms with Gasteiger partial charge in [-0.05, 0) is 43.3 Å². The smallest absolute Gasteiger partial charge is 0.191 e. The van der Waals surface area contributed by atoms with Crippen molar-refractivity contribution in [3.05, 3.63) is 50.1 Å². The molecular formula is C20H23N3OS3. The topological polar surface area (TPSA) is 47.8 Å². The molecule has 1 aliphatic rings. The maximum Gasteiger partial charge on any atom is 0.191 e. The Morgan fingerprint density at radius 2 is 2.07 bits per heavy atom. The Morgan fingerprint density at radius 1 is 1.22 bits per heavy atom. The summed E-state index contributed by atoms with van der Waals surface area (Å²) >= 11 is 4.86. The van der Waals surface area contributed by atoms with Crippen LogP contribution in [0.4, 0.5) is 0 Å². The van der Waals surface area contributed by atoms with E-state index < -0.39 is 0 Å². The van der Waals surface area contributed by atoms with Gasteiger partial charge in [-0.2, -0.15) is 0 Å². The van der Waals surface area contributed by atoms with E-state index in [4.69, 9.17) is 0 Å². The second-order valence-corrected chi connectivity index (χ2v) is 10.2. The van der Waals surface area contributed by atoms with Crippen LogP contribution in [-0.2, 0) is 6.42 Å². The summed E-state index contributed by atoms with van der Waals surface area (Å²) in [5.41, 5.74) is 0. The third-order valence-electron chi connectivity index (χ3n) is 4.93. The van der Waals surface area contributed by atoms with Crippen LogP contribution in [0.3, 0.4) is 0 Å². The normalized spacial score (nSPS) is 15.3. The molecule has 3 heterocycles. The molecule has 1 aliphatic carbocycles. The number of aromatic nitrogens is 3. The van der Waals surface area contributed by atoms with Crippen LogP contribution in [0.1, 0.15) is 63.4 Å². The molecule has 7 heteroatoms. The number of thiophene rings is 2. The lowest BCUT2D eigenvalue weighted by molar-refractivity contribution is 0.102. The van der Waals surface area contributed by atoms with E-state index in [0.29, 0.717) is 11.8 Å². The van der Waals surface area contributed by atoms with Crippen LogP contribution in [0.25, 0.3) is 0 Å². The molecule has 1 fully saturated rings. The second kappa shape index (κ2) is 8.71. The molecule has 0 spiro atoms. The molecule has 0 aliphatic heterocycles. The van der Waals surface area contributed by atoms with Crippen molar-refractivity contribution in [2.75, 3.05) is 5.75 Å². The third-order valence-corrected chi connectivity index (χ3v) is 7.80. The van der Waals surface area contributed by atoms with Crippen LogP contribution in [-0.4, -0.2) is 26.3 Å². The monoisotopic (exact) mass is 417 g/mol. The lowest BCUT2D eigenvalue weighted by Gasteiger charge is -2.25. The summed E-state index contributed by atoms with van der Waals surface area (Å²) in [4.78, 5) is 15.8. The van der Waals surface area contributed by atoms with Gasteiger partial charge in [-0.3, -0.25) is 4.79 Å². The van der Waals surface area contributed by atoms with Gasteiger partial charge in [-0.25, -0.2) is 0 Å². The first-order valence-corrected chi connectivity index (χ1v) is 12.1. The van der Waals surface area contributed by atoms with Crippen LogP contribution in [0.5, 0.6) is 0 Å². The zero-order chi connectivity index (χ0) is 18.6. The van der Waals surface area contributed by atoms with Gasteiger partial charge < -0.3 is 4.57 Å². The van der Waals surface area contributed by atoms with Crippen molar-refractivity contribution < 1.29 is 4.79 Å². The summed E-state index contributed by atoms with van der Waals surface area (Å²) in [6, 6.07) is 8.63. The van der Waals surface area contributed by atoms with E-state index in [1.165, 1.54) is 53.6 Å². The highest BCUT2D eigenvalue weighted by atomic mass is 32.2. The number of rotatable bonds is 7. The Hall–Kier alpha value is -1.44. The molecule has 3 aromatic heterocycles. The fourth-order valence-electron chi connectivity index (χ4n) is 3.59. The second-order valence-electron chi connectivity index (χ2n) is 6.94. The number of hydrogen-bond donors (Lipinski definition) is 0. The molecule has 142 valence electrons. The number of nitrogens with zero attached hydrogens (tertiary/aromatic N) is 3. The molecule has 0 unspecified atom stereocenters. The van der Waals surface area contributed by atoms with Crippen LogP contribution in [0, 0.1) is 6.92 Å². The zero-order valence-electron chi connectivity index (χ0n) is 15.4. The highest BCUT2D eigenvalue weighted by Gasteiger charge is 2.24. The Labute approximate surface area is 172 Å². The third kappa shape index (κ3) is 4.52. The van der Waals surface area contributed by atoms with Gasteiger partial charge in [0, 0.05) is 22.2 Å². The van der Waals surface area contributed by atoms with Gasteiger partial charge >= 0.3 is 0 Å². The lowest BCUT2D eigenvalue weighted by atomic mass is 9.95. The quantitative estimate of drug-likeness (QED) is 0.361. The number of ketones is 1. The SMILES string of the molecule is Cc1ccc(C(=O)CSc2nnc(Cc3cccs3)n2C2CCCCC2)s1. The first-order chi connectivity index (χ1) is 13.2. The van der Waals surface area contributed by atoms with E-state index in [9.17, 15) is 4.79 Å². The highest BCUT2D eigenvalue weighted by Crippen LogP contribution is 2.34. The predicted molar refractivity (Wildman–Crippen MR) is 113 cm³/mol. The van der Waals surface area contributed by atoms with E-state index in [2.05, 4.69) is 32.3 Å². The van der Waals surface area contributed by atoms with Gasteiger partial charge in [-0.1, -0.05) is 37.1 Å². The van der Waals surface area contributed by atoms with Gasteiger partial charge in [-0.15, -0.1) is 32.9 Å². The van der Waals surface area contributed by atoms with Crippen LogP contribution < -0.4 is 0 Å². The first kappa shape index (κ1) is 18.9. The van der Waals surface area contributed by atoms with Crippen molar-refractivity contribution in [3.63, 3.8) is 0 Å². The summed E-state index contributed by atoms with van der Waals surface area (Å²) in [7, 11) is 0. The van der Waals surface area contributed by atoms with Crippen LogP contribution >= 0.6 is 34.4 Å². The molecule has 27 heavy (non-hydrogen) atoms.